The van der Waals surface area contributed by atoms with Gasteiger partial charge in [-0.3, -0.25) is 9.89 Å². The summed E-state index contributed by atoms with van der Waals surface area (Å²) in [5.74, 6) is -0.128. The van der Waals surface area contributed by atoms with E-state index in [0.29, 0.717) is 5.56 Å². The van der Waals surface area contributed by atoms with Crippen molar-refractivity contribution >= 4 is 22.5 Å². The number of carbonyl (C=O) groups excluding carboxylic acids is 1. The topological polar surface area (TPSA) is 73.6 Å². The van der Waals surface area contributed by atoms with E-state index in [4.69, 9.17) is 0 Å². The highest BCUT2D eigenvalue weighted by atomic mass is 16.1. The molecule has 2 heterocycles. The lowest BCUT2D eigenvalue weighted by atomic mass is 10.1. The van der Waals surface area contributed by atoms with E-state index in [-0.39, 0.29) is 5.91 Å². The molecule has 4 aromatic rings. The summed E-state index contributed by atoms with van der Waals surface area (Å²) in [5, 5.41) is 10.7. The molecule has 0 aliphatic heterocycles. The lowest BCUT2D eigenvalue weighted by molar-refractivity contribution is 0.102. The second kappa shape index (κ2) is 5.46. The third kappa shape index (κ3) is 2.48. The average molecular weight is 302 g/mol. The molecule has 2 aromatic carbocycles. The highest BCUT2D eigenvalue weighted by molar-refractivity contribution is 6.13. The number of nitrogens with one attached hydrogen (secondary N) is 3. The van der Waals surface area contributed by atoms with E-state index in [1.165, 1.54) is 0 Å². The SMILES string of the molecule is O=C(Nc1ccccc1)c1cccc2[nH]c(-c3ccn[nH]3)cc12. The minimum Gasteiger partial charge on any atom is -0.353 e. The van der Waals surface area contributed by atoms with Crippen LogP contribution in [0.15, 0.2) is 66.9 Å². The number of fused-ring (bicyclic) bond motifs is 1. The molecular weight excluding hydrogens is 288 g/mol. The molecule has 5 heteroatoms. The Labute approximate surface area is 132 Å². The van der Waals surface area contributed by atoms with Gasteiger partial charge in [0, 0.05) is 28.4 Å². The zero-order valence-electron chi connectivity index (χ0n) is 12.2. The van der Waals surface area contributed by atoms with Gasteiger partial charge in [-0.25, -0.2) is 0 Å². The van der Waals surface area contributed by atoms with Gasteiger partial charge in [-0.05, 0) is 36.4 Å². The van der Waals surface area contributed by atoms with E-state index in [1.54, 1.807) is 6.20 Å². The molecule has 0 saturated carbocycles. The van der Waals surface area contributed by atoms with Crippen LogP contribution in [-0.4, -0.2) is 21.1 Å². The van der Waals surface area contributed by atoms with Crippen molar-refractivity contribution < 1.29 is 4.79 Å². The summed E-state index contributed by atoms with van der Waals surface area (Å²) in [4.78, 5) is 15.9. The van der Waals surface area contributed by atoms with Gasteiger partial charge in [-0.2, -0.15) is 5.10 Å². The van der Waals surface area contributed by atoms with E-state index in [1.807, 2.05) is 60.7 Å². The third-order valence-corrected chi connectivity index (χ3v) is 3.73. The van der Waals surface area contributed by atoms with Gasteiger partial charge in [0.25, 0.3) is 5.91 Å². The summed E-state index contributed by atoms with van der Waals surface area (Å²) in [5.41, 5.74) is 4.11. The lowest BCUT2D eigenvalue weighted by Crippen LogP contribution is -2.11. The number of hydrogen-bond donors (Lipinski definition) is 3. The average Bonchev–Trinajstić information content (AvgIpc) is 3.24. The number of benzene rings is 2. The number of nitrogens with zero attached hydrogens (tertiary/aromatic N) is 1. The Morgan fingerprint density at radius 2 is 1.83 bits per heavy atom. The van der Waals surface area contributed by atoms with E-state index in [9.17, 15) is 4.79 Å². The monoisotopic (exact) mass is 302 g/mol. The Morgan fingerprint density at radius 1 is 0.957 bits per heavy atom. The second-order valence-corrected chi connectivity index (χ2v) is 5.24. The van der Waals surface area contributed by atoms with Gasteiger partial charge in [0.15, 0.2) is 0 Å². The normalized spacial score (nSPS) is 10.8. The Balaban J connectivity index is 1.73. The van der Waals surface area contributed by atoms with Crippen molar-refractivity contribution in [2.45, 2.75) is 0 Å². The molecule has 23 heavy (non-hydrogen) atoms. The Hall–Kier alpha value is -3.34. The molecule has 112 valence electrons. The molecule has 0 fully saturated rings. The van der Waals surface area contributed by atoms with E-state index in [0.717, 1.165) is 28.0 Å². The number of amides is 1. The van der Waals surface area contributed by atoms with Crippen molar-refractivity contribution in [3.63, 3.8) is 0 Å². The number of rotatable bonds is 3. The van der Waals surface area contributed by atoms with Crippen molar-refractivity contribution in [2.24, 2.45) is 0 Å². The lowest BCUT2D eigenvalue weighted by Gasteiger charge is -2.05. The van der Waals surface area contributed by atoms with Gasteiger partial charge in [0.1, 0.15) is 0 Å². The van der Waals surface area contributed by atoms with Crippen LogP contribution in [0.5, 0.6) is 0 Å². The van der Waals surface area contributed by atoms with Gasteiger partial charge >= 0.3 is 0 Å². The number of carbonyl (C=O) groups is 1. The molecule has 0 radical (unpaired) electrons. The molecule has 2 aromatic heterocycles. The number of hydrogen-bond acceptors (Lipinski definition) is 2. The zero-order chi connectivity index (χ0) is 15.6. The Morgan fingerprint density at radius 3 is 2.61 bits per heavy atom. The van der Waals surface area contributed by atoms with E-state index >= 15 is 0 Å². The summed E-state index contributed by atoms with van der Waals surface area (Å²) >= 11 is 0. The van der Waals surface area contributed by atoms with Gasteiger partial charge in [-0.1, -0.05) is 24.3 Å². The minimum absolute atomic E-state index is 0.128. The van der Waals surface area contributed by atoms with Crippen LogP contribution >= 0.6 is 0 Å². The van der Waals surface area contributed by atoms with Crippen molar-refractivity contribution in [1.82, 2.24) is 15.2 Å². The number of para-hydroxylation sites is 1. The second-order valence-electron chi connectivity index (χ2n) is 5.24. The van der Waals surface area contributed by atoms with Crippen LogP contribution in [0.2, 0.25) is 0 Å². The zero-order valence-corrected chi connectivity index (χ0v) is 12.2. The molecule has 0 spiro atoms. The number of aromatic amines is 2. The minimum atomic E-state index is -0.128. The maximum absolute atomic E-state index is 12.6. The van der Waals surface area contributed by atoms with Crippen LogP contribution in [-0.2, 0) is 0 Å². The Bertz CT molecular complexity index is 955. The fourth-order valence-corrected chi connectivity index (χ4v) is 2.62. The van der Waals surface area contributed by atoms with E-state index in [2.05, 4.69) is 20.5 Å². The first-order valence-corrected chi connectivity index (χ1v) is 7.29. The van der Waals surface area contributed by atoms with Gasteiger partial charge in [0.05, 0.1) is 11.4 Å². The first-order valence-electron chi connectivity index (χ1n) is 7.29. The fourth-order valence-electron chi connectivity index (χ4n) is 2.62. The summed E-state index contributed by atoms with van der Waals surface area (Å²) < 4.78 is 0. The standard InChI is InChI=1S/C18H14N4O/c23-18(20-12-5-2-1-3-6-12)13-7-4-8-15-14(13)11-17(21-15)16-9-10-19-22-16/h1-11,21H,(H,19,22)(H,20,23). The number of anilines is 1. The van der Waals surface area contributed by atoms with Crippen LogP contribution in [0.1, 0.15) is 10.4 Å². The quantitative estimate of drug-likeness (QED) is 0.538. The van der Waals surface area contributed by atoms with Crippen molar-refractivity contribution in [3.8, 4) is 11.4 Å². The predicted octanol–water partition coefficient (Wildman–Crippen LogP) is 3.81. The van der Waals surface area contributed by atoms with E-state index < -0.39 is 0 Å². The van der Waals surface area contributed by atoms with Crippen molar-refractivity contribution in [2.75, 3.05) is 5.32 Å². The predicted molar refractivity (Wildman–Crippen MR) is 90.3 cm³/mol. The highest BCUT2D eigenvalue weighted by Crippen LogP contribution is 2.25. The smallest absolute Gasteiger partial charge is 0.256 e. The van der Waals surface area contributed by atoms with Crippen LogP contribution in [0.4, 0.5) is 5.69 Å². The van der Waals surface area contributed by atoms with Crippen LogP contribution < -0.4 is 5.32 Å². The Kier molecular flexibility index (Phi) is 3.16. The van der Waals surface area contributed by atoms with Gasteiger partial charge < -0.3 is 10.3 Å². The first-order chi connectivity index (χ1) is 11.3. The van der Waals surface area contributed by atoms with Crippen molar-refractivity contribution in [3.05, 3.63) is 72.4 Å². The third-order valence-electron chi connectivity index (χ3n) is 3.73. The molecule has 3 N–H and O–H groups in total. The summed E-state index contributed by atoms with van der Waals surface area (Å²) in [6.45, 7) is 0. The van der Waals surface area contributed by atoms with Crippen LogP contribution in [0.25, 0.3) is 22.3 Å². The molecule has 0 unspecified atom stereocenters. The summed E-state index contributed by atoms with van der Waals surface area (Å²) in [7, 11) is 0. The molecule has 0 aliphatic rings. The molecule has 0 bridgehead atoms. The molecule has 5 nitrogen and oxygen atoms in total. The molecule has 0 aliphatic carbocycles. The van der Waals surface area contributed by atoms with Crippen LogP contribution in [0, 0.1) is 0 Å². The molecule has 0 atom stereocenters. The summed E-state index contributed by atoms with van der Waals surface area (Å²) in [6, 6.07) is 18.9. The highest BCUT2D eigenvalue weighted by Gasteiger charge is 2.13. The van der Waals surface area contributed by atoms with Crippen LogP contribution in [0.3, 0.4) is 0 Å². The maximum atomic E-state index is 12.6. The van der Waals surface area contributed by atoms with Gasteiger partial charge in [0.2, 0.25) is 0 Å². The maximum Gasteiger partial charge on any atom is 0.256 e. The molecule has 4 rings (SSSR count). The number of H-pyrrole nitrogens is 2. The number of aromatic nitrogens is 3. The molecule has 0 saturated heterocycles. The first kappa shape index (κ1) is 13.3. The van der Waals surface area contributed by atoms with Gasteiger partial charge in [-0.15, -0.1) is 0 Å². The molecular formula is C18H14N4O. The molecule has 1 amide bonds. The fraction of sp³-hybridized carbons (Fsp3) is 0. The largest absolute Gasteiger partial charge is 0.353 e. The van der Waals surface area contributed by atoms with Crippen molar-refractivity contribution in [1.29, 1.82) is 0 Å². The summed E-state index contributed by atoms with van der Waals surface area (Å²) in [6.07, 6.45) is 1.70.